The molecule has 0 unspecified atom stereocenters. The van der Waals surface area contributed by atoms with Gasteiger partial charge >= 0.3 is 5.97 Å². The number of benzene rings is 1. The maximum atomic E-state index is 11.8. The molecule has 5 nitrogen and oxygen atoms in total. The molecule has 3 aromatic rings. The molecule has 0 atom stereocenters. The molecule has 0 N–H and O–H groups in total. The highest BCUT2D eigenvalue weighted by Crippen LogP contribution is 2.11. The fourth-order valence-electron chi connectivity index (χ4n) is 1.90. The van der Waals surface area contributed by atoms with Gasteiger partial charge in [0.15, 0.2) is 0 Å². The Bertz CT molecular complexity index is 725. The second-order valence-electron chi connectivity index (χ2n) is 4.40. The highest BCUT2D eigenvalue weighted by molar-refractivity contribution is 6.12. The van der Waals surface area contributed by atoms with Gasteiger partial charge in [-0.05, 0) is 24.3 Å². The zero-order valence-corrected chi connectivity index (χ0v) is 11.5. The van der Waals surface area contributed by atoms with Crippen molar-refractivity contribution in [2.45, 2.75) is 0 Å². The zero-order chi connectivity index (χ0) is 15.2. The first-order valence-electron chi connectivity index (χ1n) is 6.63. The Labute approximate surface area is 126 Å². The maximum absolute atomic E-state index is 11.8. The molecule has 0 amide bonds. The van der Waals surface area contributed by atoms with Crippen LogP contribution in [0.25, 0.3) is 0 Å². The molecule has 0 aliphatic heterocycles. The van der Waals surface area contributed by atoms with Gasteiger partial charge in [-0.1, -0.05) is 35.5 Å². The third-order valence-electron chi connectivity index (χ3n) is 2.94. The van der Waals surface area contributed by atoms with Crippen molar-refractivity contribution in [1.29, 1.82) is 0 Å². The Morgan fingerprint density at radius 1 is 0.955 bits per heavy atom. The van der Waals surface area contributed by atoms with E-state index in [9.17, 15) is 4.79 Å². The minimum Gasteiger partial charge on any atom is -0.457 e. The van der Waals surface area contributed by atoms with Gasteiger partial charge in [-0.25, -0.2) is 4.79 Å². The molecular weight excluding hydrogens is 280 g/mol. The summed E-state index contributed by atoms with van der Waals surface area (Å²) in [6.07, 6.45) is 4.71. The number of aromatic nitrogens is 1. The van der Waals surface area contributed by atoms with E-state index in [0.29, 0.717) is 5.71 Å². The van der Waals surface area contributed by atoms with Crippen LogP contribution in [-0.2, 0) is 4.84 Å². The van der Waals surface area contributed by atoms with E-state index in [0.717, 1.165) is 11.1 Å². The van der Waals surface area contributed by atoms with Crippen LogP contribution in [0.3, 0.4) is 0 Å². The molecule has 22 heavy (non-hydrogen) atoms. The quantitative estimate of drug-likeness (QED) is 0.420. The third-order valence-corrected chi connectivity index (χ3v) is 2.94. The number of hydrogen-bond donors (Lipinski definition) is 0. The van der Waals surface area contributed by atoms with Crippen molar-refractivity contribution in [3.05, 3.63) is 90.1 Å². The van der Waals surface area contributed by atoms with Crippen molar-refractivity contribution in [3.63, 3.8) is 0 Å². The summed E-state index contributed by atoms with van der Waals surface area (Å²) in [5.41, 5.74) is 2.18. The van der Waals surface area contributed by atoms with Gasteiger partial charge in [-0.15, -0.1) is 0 Å². The smallest absolute Gasteiger partial charge is 0.400 e. The standard InChI is InChI=1S/C17H12N2O3/c20-17(15-7-4-12-21-15)22-19-16(13-5-2-1-3-6-13)14-8-10-18-11-9-14/h1-12H/b19-16-. The van der Waals surface area contributed by atoms with Crippen LogP contribution < -0.4 is 0 Å². The van der Waals surface area contributed by atoms with Gasteiger partial charge in [-0.3, -0.25) is 4.98 Å². The normalized spacial score (nSPS) is 11.2. The molecule has 108 valence electrons. The summed E-state index contributed by atoms with van der Waals surface area (Å²) in [5.74, 6) is -0.543. The van der Waals surface area contributed by atoms with E-state index in [2.05, 4.69) is 10.1 Å². The Morgan fingerprint density at radius 2 is 1.68 bits per heavy atom. The molecule has 2 aromatic heterocycles. The average molecular weight is 292 g/mol. The van der Waals surface area contributed by atoms with Crippen molar-refractivity contribution in [2.75, 3.05) is 0 Å². The number of rotatable bonds is 4. The van der Waals surface area contributed by atoms with Crippen LogP contribution in [0.15, 0.2) is 82.8 Å². The van der Waals surface area contributed by atoms with Crippen LogP contribution in [0.5, 0.6) is 0 Å². The van der Waals surface area contributed by atoms with E-state index < -0.39 is 5.97 Å². The summed E-state index contributed by atoms with van der Waals surface area (Å²) < 4.78 is 4.99. The lowest BCUT2D eigenvalue weighted by Gasteiger charge is -2.05. The Kier molecular flexibility index (Phi) is 4.06. The van der Waals surface area contributed by atoms with Gasteiger partial charge in [0.05, 0.1) is 6.26 Å². The molecule has 0 aliphatic rings. The first-order chi connectivity index (χ1) is 10.8. The van der Waals surface area contributed by atoms with Crippen LogP contribution in [-0.4, -0.2) is 16.7 Å². The van der Waals surface area contributed by atoms with Gasteiger partial charge in [0.25, 0.3) is 0 Å². The highest BCUT2D eigenvalue weighted by atomic mass is 16.7. The second kappa shape index (κ2) is 6.49. The molecule has 3 rings (SSSR count). The minimum atomic E-state index is -0.646. The van der Waals surface area contributed by atoms with Gasteiger partial charge < -0.3 is 9.25 Å². The second-order valence-corrected chi connectivity index (χ2v) is 4.40. The van der Waals surface area contributed by atoms with E-state index in [-0.39, 0.29) is 5.76 Å². The summed E-state index contributed by atoms with van der Waals surface area (Å²) in [4.78, 5) is 20.8. The molecule has 0 radical (unpaired) electrons. The fourth-order valence-corrected chi connectivity index (χ4v) is 1.90. The monoisotopic (exact) mass is 292 g/mol. The topological polar surface area (TPSA) is 64.7 Å². The Morgan fingerprint density at radius 3 is 2.36 bits per heavy atom. The van der Waals surface area contributed by atoms with Crippen molar-refractivity contribution in [1.82, 2.24) is 4.98 Å². The molecule has 2 heterocycles. The molecule has 0 spiro atoms. The fraction of sp³-hybridized carbons (Fsp3) is 0. The third kappa shape index (κ3) is 3.09. The lowest BCUT2D eigenvalue weighted by molar-refractivity contribution is 0.0480. The SMILES string of the molecule is O=C(O/N=C(/c1ccccc1)c1ccncc1)c1ccco1. The van der Waals surface area contributed by atoms with Gasteiger partial charge in [0.2, 0.25) is 5.76 Å². The Hall–Kier alpha value is -3.21. The van der Waals surface area contributed by atoms with Crippen LogP contribution in [0.2, 0.25) is 0 Å². The lowest BCUT2D eigenvalue weighted by Crippen LogP contribution is -2.07. The number of furan rings is 1. The molecule has 5 heteroatoms. The molecule has 0 bridgehead atoms. The van der Waals surface area contributed by atoms with Crippen LogP contribution in [0, 0.1) is 0 Å². The predicted octanol–water partition coefficient (Wildman–Crippen LogP) is 3.28. The first-order valence-corrected chi connectivity index (χ1v) is 6.63. The van der Waals surface area contributed by atoms with E-state index in [4.69, 9.17) is 9.25 Å². The molecular formula is C17H12N2O3. The molecule has 0 saturated heterocycles. The van der Waals surface area contributed by atoms with Gasteiger partial charge in [-0.2, -0.15) is 0 Å². The number of nitrogens with zero attached hydrogens (tertiary/aromatic N) is 2. The van der Waals surface area contributed by atoms with Crippen molar-refractivity contribution in [2.24, 2.45) is 5.16 Å². The number of carbonyl (C=O) groups excluding carboxylic acids is 1. The number of pyridine rings is 1. The van der Waals surface area contributed by atoms with Crippen molar-refractivity contribution >= 4 is 11.7 Å². The Balaban J connectivity index is 1.92. The summed E-state index contributed by atoms with van der Waals surface area (Å²) in [6, 6.07) is 16.2. The summed E-state index contributed by atoms with van der Waals surface area (Å²) in [6.45, 7) is 0. The van der Waals surface area contributed by atoms with Crippen LogP contribution in [0.4, 0.5) is 0 Å². The summed E-state index contributed by atoms with van der Waals surface area (Å²) in [7, 11) is 0. The van der Waals surface area contributed by atoms with Crippen molar-refractivity contribution in [3.8, 4) is 0 Å². The lowest BCUT2D eigenvalue weighted by atomic mass is 10.0. The number of oxime groups is 1. The largest absolute Gasteiger partial charge is 0.457 e. The van der Waals surface area contributed by atoms with Crippen LogP contribution in [0.1, 0.15) is 21.7 Å². The molecule has 0 fully saturated rings. The van der Waals surface area contributed by atoms with Gasteiger partial charge in [0, 0.05) is 23.5 Å². The number of carbonyl (C=O) groups is 1. The highest BCUT2D eigenvalue weighted by Gasteiger charge is 2.13. The number of hydrogen-bond acceptors (Lipinski definition) is 5. The predicted molar refractivity (Wildman–Crippen MR) is 80.4 cm³/mol. The molecule has 0 aliphatic carbocycles. The zero-order valence-electron chi connectivity index (χ0n) is 11.5. The summed E-state index contributed by atoms with van der Waals surface area (Å²) in [5, 5.41) is 4.00. The van der Waals surface area contributed by atoms with E-state index in [1.54, 1.807) is 30.6 Å². The first kappa shape index (κ1) is 13.8. The average Bonchev–Trinajstić information content (AvgIpc) is 3.11. The van der Waals surface area contributed by atoms with E-state index in [1.807, 2.05) is 30.3 Å². The van der Waals surface area contributed by atoms with E-state index in [1.165, 1.54) is 12.3 Å². The van der Waals surface area contributed by atoms with E-state index >= 15 is 0 Å². The molecule has 1 aromatic carbocycles. The van der Waals surface area contributed by atoms with Gasteiger partial charge in [0.1, 0.15) is 5.71 Å². The minimum absolute atomic E-state index is 0.103. The van der Waals surface area contributed by atoms with Crippen LogP contribution >= 0.6 is 0 Å². The maximum Gasteiger partial charge on any atom is 0.400 e. The molecule has 0 saturated carbocycles. The van der Waals surface area contributed by atoms with Crippen molar-refractivity contribution < 1.29 is 14.0 Å². The summed E-state index contributed by atoms with van der Waals surface area (Å²) >= 11 is 0.